The molecular formula is C8H14BrFO. The zero-order valence-electron chi connectivity index (χ0n) is 6.52. The number of rotatable bonds is 6. The molecule has 66 valence electrons. The van der Waals surface area contributed by atoms with E-state index in [9.17, 15) is 4.39 Å². The molecule has 1 N–H and O–H groups in total. The van der Waals surface area contributed by atoms with Gasteiger partial charge in [0, 0.05) is 5.33 Å². The van der Waals surface area contributed by atoms with E-state index in [-0.39, 0.29) is 12.4 Å². The van der Waals surface area contributed by atoms with Gasteiger partial charge in [-0.15, -0.1) is 0 Å². The van der Waals surface area contributed by atoms with Crippen molar-refractivity contribution in [3.63, 3.8) is 0 Å². The number of aliphatic hydroxyl groups excluding tert-OH is 1. The van der Waals surface area contributed by atoms with Crippen molar-refractivity contribution >= 4 is 15.9 Å². The summed E-state index contributed by atoms with van der Waals surface area (Å²) in [4.78, 5) is 0. The SMILES string of the molecule is OC/C=C(\F)CCCCCBr. The second kappa shape index (κ2) is 8.21. The van der Waals surface area contributed by atoms with Crippen molar-refractivity contribution in [1.82, 2.24) is 0 Å². The summed E-state index contributed by atoms with van der Waals surface area (Å²) in [5, 5.41) is 9.30. The first-order valence-corrected chi connectivity index (χ1v) is 4.94. The van der Waals surface area contributed by atoms with Crippen LogP contribution in [0.15, 0.2) is 11.9 Å². The minimum Gasteiger partial charge on any atom is -0.392 e. The van der Waals surface area contributed by atoms with Crippen LogP contribution in [0.5, 0.6) is 0 Å². The van der Waals surface area contributed by atoms with Crippen LogP contribution in [0.2, 0.25) is 0 Å². The molecule has 3 heteroatoms. The summed E-state index contributed by atoms with van der Waals surface area (Å²) in [5.74, 6) is -0.193. The van der Waals surface area contributed by atoms with E-state index in [2.05, 4.69) is 15.9 Å². The lowest BCUT2D eigenvalue weighted by Crippen LogP contribution is -1.82. The number of aliphatic hydroxyl groups is 1. The molecule has 0 aliphatic rings. The van der Waals surface area contributed by atoms with Gasteiger partial charge < -0.3 is 5.11 Å². The summed E-state index contributed by atoms with van der Waals surface area (Å²) in [6.07, 6.45) is 4.68. The molecule has 1 nitrogen and oxygen atoms in total. The molecule has 0 bridgehead atoms. The highest BCUT2D eigenvalue weighted by Gasteiger charge is 1.93. The third-order valence-electron chi connectivity index (χ3n) is 1.36. The number of allylic oxidation sites excluding steroid dienone is 1. The molecule has 0 spiro atoms. The van der Waals surface area contributed by atoms with E-state index in [1.54, 1.807) is 0 Å². The zero-order chi connectivity index (χ0) is 8.53. The summed E-state index contributed by atoms with van der Waals surface area (Å²) in [6, 6.07) is 0. The Hall–Kier alpha value is 0.110. The maximum atomic E-state index is 12.5. The van der Waals surface area contributed by atoms with Crippen molar-refractivity contribution in [2.45, 2.75) is 25.7 Å². The number of hydrogen-bond acceptors (Lipinski definition) is 1. The van der Waals surface area contributed by atoms with Crippen LogP contribution in [0.25, 0.3) is 0 Å². The minimum atomic E-state index is -0.193. The van der Waals surface area contributed by atoms with Crippen LogP contribution < -0.4 is 0 Å². The molecule has 0 radical (unpaired) electrons. The molecule has 0 rings (SSSR count). The quantitative estimate of drug-likeness (QED) is 0.544. The van der Waals surface area contributed by atoms with Crippen LogP contribution in [-0.4, -0.2) is 17.0 Å². The van der Waals surface area contributed by atoms with Crippen LogP contribution >= 0.6 is 15.9 Å². The third kappa shape index (κ3) is 8.01. The summed E-state index contributed by atoms with van der Waals surface area (Å²) in [6.45, 7) is -0.190. The van der Waals surface area contributed by atoms with Crippen LogP contribution in [0.1, 0.15) is 25.7 Å². The fraction of sp³-hybridized carbons (Fsp3) is 0.750. The minimum absolute atomic E-state index is 0.190. The number of unbranched alkanes of at least 4 members (excludes halogenated alkanes) is 2. The van der Waals surface area contributed by atoms with Crippen molar-refractivity contribution in [3.8, 4) is 0 Å². The van der Waals surface area contributed by atoms with E-state index >= 15 is 0 Å². The molecule has 0 saturated heterocycles. The lowest BCUT2D eigenvalue weighted by Gasteiger charge is -1.96. The van der Waals surface area contributed by atoms with E-state index in [1.165, 1.54) is 6.08 Å². The van der Waals surface area contributed by atoms with Gasteiger partial charge in [-0.2, -0.15) is 0 Å². The van der Waals surface area contributed by atoms with Crippen LogP contribution in [0.3, 0.4) is 0 Å². The monoisotopic (exact) mass is 224 g/mol. The first-order valence-electron chi connectivity index (χ1n) is 3.82. The van der Waals surface area contributed by atoms with E-state index in [1.807, 2.05) is 0 Å². The van der Waals surface area contributed by atoms with Crippen molar-refractivity contribution in [3.05, 3.63) is 11.9 Å². The maximum absolute atomic E-state index is 12.5. The van der Waals surface area contributed by atoms with Crippen molar-refractivity contribution in [2.75, 3.05) is 11.9 Å². The largest absolute Gasteiger partial charge is 0.392 e. The van der Waals surface area contributed by atoms with Crippen LogP contribution in [-0.2, 0) is 0 Å². The first kappa shape index (κ1) is 11.1. The Bertz CT molecular complexity index is 115. The van der Waals surface area contributed by atoms with Gasteiger partial charge in [-0.3, -0.25) is 0 Å². The van der Waals surface area contributed by atoms with Gasteiger partial charge in [0.15, 0.2) is 0 Å². The molecule has 0 aliphatic carbocycles. The summed E-state index contributed by atoms with van der Waals surface area (Å²) >= 11 is 3.30. The molecular weight excluding hydrogens is 211 g/mol. The molecule has 11 heavy (non-hydrogen) atoms. The van der Waals surface area contributed by atoms with Gasteiger partial charge in [0.1, 0.15) is 0 Å². The Morgan fingerprint density at radius 1 is 1.36 bits per heavy atom. The van der Waals surface area contributed by atoms with Gasteiger partial charge >= 0.3 is 0 Å². The molecule has 0 aromatic rings. The van der Waals surface area contributed by atoms with Gasteiger partial charge in [0.25, 0.3) is 0 Å². The smallest absolute Gasteiger partial charge is 0.0982 e. The molecule has 0 amide bonds. The maximum Gasteiger partial charge on any atom is 0.0982 e. The Morgan fingerprint density at radius 3 is 2.64 bits per heavy atom. The average Bonchev–Trinajstić information content (AvgIpc) is 1.99. The van der Waals surface area contributed by atoms with Gasteiger partial charge in [0.2, 0.25) is 0 Å². The van der Waals surface area contributed by atoms with E-state index in [0.29, 0.717) is 6.42 Å². The topological polar surface area (TPSA) is 20.2 Å². The van der Waals surface area contributed by atoms with Crippen LogP contribution in [0.4, 0.5) is 4.39 Å². The van der Waals surface area contributed by atoms with Gasteiger partial charge in [-0.25, -0.2) is 4.39 Å². The highest BCUT2D eigenvalue weighted by molar-refractivity contribution is 9.09. The normalized spacial score (nSPS) is 12.1. The van der Waals surface area contributed by atoms with Crippen molar-refractivity contribution in [1.29, 1.82) is 0 Å². The molecule has 0 aromatic carbocycles. The molecule has 0 fully saturated rings. The predicted molar refractivity (Wildman–Crippen MR) is 48.5 cm³/mol. The average molecular weight is 225 g/mol. The Labute approximate surface area is 75.4 Å². The molecule has 0 aliphatic heterocycles. The lowest BCUT2D eigenvalue weighted by atomic mass is 10.2. The van der Waals surface area contributed by atoms with Crippen LogP contribution in [0, 0.1) is 0 Å². The van der Waals surface area contributed by atoms with Crippen molar-refractivity contribution in [2.24, 2.45) is 0 Å². The van der Waals surface area contributed by atoms with E-state index in [0.717, 1.165) is 24.6 Å². The van der Waals surface area contributed by atoms with Gasteiger partial charge in [-0.1, -0.05) is 22.4 Å². The van der Waals surface area contributed by atoms with E-state index in [4.69, 9.17) is 5.11 Å². The van der Waals surface area contributed by atoms with Gasteiger partial charge in [-0.05, 0) is 25.3 Å². The molecule has 0 unspecified atom stereocenters. The first-order chi connectivity index (χ1) is 5.31. The fourth-order valence-electron chi connectivity index (χ4n) is 0.766. The van der Waals surface area contributed by atoms with Crippen molar-refractivity contribution < 1.29 is 9.50 Å². The standard InChI is InChI=1S/C8H14BrFO/c9-6-3-1-2-4-8(10)5-7-11/h5,11H,1-4,6-7H2/b8-5-. The fourth-order valence-corrected chi connectivity index (χ4v) is 1.16. The number of alkyl halides is 1. The summed E-state index contributed by atoms with van der Waals surface area (Å²) < 4.78 is 12.5. The Morgan fingerprint density at radius 2 is 2.09 bits per heavy atom. The second-order valence-corrected chi connectivity index (χ2v) is 3.13. The molecule has 0 atom stereocenters. The lowest BCUT2D eigenvalue weighted by molar-refractivity contribution is 0.337. The highest BCUT2D eigenvalue weighted by atomic mass is 79.9. The summed E-state index contributed by atoms with van der Waals surface area (Å²) in [5.41, 5.74) is 0. The third-order valence-corrected chi connectivity index (χ3v) is 1.92. The zero-order valence-corrected chi connectivity index (χ0v) is 8.11. The molecule has 0 saturated carbocycles. The Kier molecular flexibility index (Phi) is 8.29. The highest BCUT2D eigenvalue weighted by Crippen LogP contribution is 2.10. The Balaban J connectivity index is 3.17. The molecule has 0 aromatic heterocycles. The predicted octanol–water partition coefficient (Wildman–Crippen LogP) is 2.79. The molecule has 0 heterocycles. The van der Waals surface area contributed by atoms with E-state index < -0.39 is 0 Å². The second-order valence-electron chi connectivity index (χ2n) is 2.33. The van der Waals surface area contributed by atoms with Gasteiger partial charge in [0.05, 0.1) is 12.4 Å². The number of hydrogen-bond donors (Lipinski definition) is 1. The number of halogens is 2. The summed E-state index contributed by atoms with van der Waals surface area (Å²) in [7, 11) is 0.